The number of hydrogen-bond donors (Lipinski definition) is 2. The third kappa shape index (κ3) is 4.96. The van der Waals surface area contributed by atoms with Crippen molar-refractivity contribution in [1.29, 1.82) is 0 Å². The van der Waals surface area contributed by atoms with E-state index in [1.807, 2.05) is 0 Å². The molecule has 1 aliphatic rings. The molecule has 1 fully saturated rings. The van der Waals surface area contributed by atoms with Crippen molar-refractivity contribution < 1.29 is 9.59 Å². The van der Waals surface area contributed by atoms with Crippen molar-refractivity contribution in [2.45, 2.75) is 45.6 Å². The number of hydrogen-bond acceptors (Lipinski definition) is 2. The maximum atomic E-state index is 12.1. The van der Waals surface area contributed by atoms with Gasteiger partial charge in [-0.05, 0) is 30.4 Å². The average Bonchev–Trinajstić information content (AvgIpc) is 2.52. The topological polar surface area (TPSA) is 58.2 Å². The molecule has 0 spiro atoms. The van der Waals surface area contributed by atoms with E-state index in [-0.39, 0.29) is 24.3 Å². The fourth-order valence-electron chi connectivity index (χ4n) is 3.09. The van der Waals surface area contributed by atoms with Gasteiger partial charge in [0.05, 0.1) is 10.6 Å². The van der Waals surface area contributed by atoms with Gasteiger partial charge in [-0.15, -0.1) is 0 Å². The summed E-state index contributed by atoms with van der Waals surface area (Å²) in [5, 5.41) is 6.27. The van der Waals surface area contributed by atoms with E-state index in [2.05, 4.69) is 24.5 Å². The molecule has 1 aromatic rings. The lowest BCUT2D eigenvalue weighted by molar-refractivity contribution is -0.122. The van der Waals surface area contributed by atoms with E-state index in [1.54, 1.807) is 24.3 Å². The highest BCUT2D eigenvalue weighted by molar-refractivity contribution is 6.33. The van der Waals surface area contributed by atoms with Crippen molar-refractivity contribution in [3.63, 3.8) is 0 Å². The first-order chi connectivity index (χ1) is 11.0. The van der Waals surface area contributed by atoms with Crippen LogP contribution in [-0.4, -0.2) is 24.4 Å². The van der Waals surface area contributed by atoms with Crippen molar-refractivity contribution in [3.8, 4) is 0 Å². The van der Waals surface area contributed by atoms with Gasteiger partial charge in [-0.25, -0.2) is 0 Å². The van der Waals surface area contributed by atoms with Gasteiger partial charge in [0, 0.05) is 19.0 Å². The maximum absolute atomic E-state index is 12.1. The molecule has 1 aromatic carbocycles. The van der Waals surface area contributed by atoms with Crippen LogP contribution < -0.4 is 10.6 Å². The van der Waals surface area contributed by atoms with Crippen LogP contribution in [0.3, 0.4) is 0 Å². The number of carbonyl (C=O) groups is 2. The van der Waals surface area contributed by atoms with Gasteiger partial charge in [0.15, 0.2) is 0 Å². The molecule has 2 N–H and O–H groups in total. The van der Waals surface area contributed by atoms with Crippen molar-refractivity contribution in [2.24, 2.45) is 11.8 Å². The second kappa shape index (κ2) is 8.34. The first kappa shape index (κ1) is 17.8. The van der Waals surface area contributed by atoms with E-state index in [0.29, 0.717) is 29.0 Å². The van der Waals surface area contributed by atoms with E-state index >= 15 is 0 Å². The Morgan fingerprint density at radius 1 is 1.22 bits per heavy atom. The van der Waals surface area contributed by atoms with Crippen LogP contribution in [0.2, 0.25) is 5.02 Å². The van der Waals surface area contributed by atoms with E-state index < -0.39 is 0 Å². The average molecular weight is 337 g/mol. The molecule has 23 heavy (non-hydrogen) atoms. The minimum atomic E-state index is -0.247. The molecule has 126 valence electrons. The van der Waals surface area contributed by atoms with E-state index in [4.69, 9.17) is 11.6 Å². The molecule has 0 bridgehead atoms. The zero-order chi connectivity index (χ0) is 16.8. The molecule has 3 atom stereocenters. The van der Waals surface area contributed by atoms with Gasteiger partial charge in [0.1, 0.15) is 0 Å². The van der Waals surface area contributed by atoms with Gasteiger partial charge in [-0.2, -0.15) is 0 Å². The van der Waals surface area contributed by atoms with Crippen LogP contribution in [-0.2, 0) is 4.79 Å². The Hall–Kier alpha value is -1.55. The summed E-state index contributed by atoms with van der Waals surface area (Å²) in [6.07, 6.45) is 3.73. The molecular formula is C18H25ClN2O2. The van der Waals surface area contributed by atoms with Crippen molar-refractivity contribution in [2.75, 3.05) is 6.54 Å². The normalized spacial score (nSPS) is 24.0. The number of amides is 2. The minimum Gasteiger partial charge on any atom is -0.353 e. The van der Waals surface area contributed by atoms with Crippen molar-refractivity contribution in [3.05, 3.63) is 34.9 Å². The van der Waals surface area contributed by atoms with Gasteiger partial charge in [-0.3, -0.25) is 9.59 Å². The number of benzene rings is 1. The molecule has 2 rings (SSSR count). The summed E-state index contributed by atoms with van der Waals surface area (Å²) in [6, 6.07) is 7.14. The number of halogens is 1. The molecule has 0 saturated heterocycles. The third-order valence-corrected chi connectivity index (χ3v) is 5.14. The standard InChI is InChI=1S/C18H25ClN2O2/c1-12-6-5-9-16(13(12)2)21-17(22)10-11-20-18(23)14-7-3-4-8-15(14)19/h3-4,7-8,12-13,16H,5-6,9-11H2,1-2H3,(H,20,23)(H,21,22)/t12-,13+,16+/m1/s1. The fourth-order valence-corrected chi connectivity index (χ4v) is 3.32. The molecule has 2 amide bonds. The van der Waals surface area contributed by atoms with Gasteiger partial charge in [0.25, 0.3) is 5.91 Å². The molecule has 0 aliphatic heterocycles. The highest BCUT2D eigenvalue weighted by Crippen LogP contribution is 2.29. The Kier molecular flexibility index (Phi) is 6.46. The predicted octanol–water partition coefficient (Wildman–Crippen LogP) is 3.40. The SMILES string of the molecule is C[C@H]1[C@H](C)CCC[C@@H]1NC(=O)CCNC(=O)c1ccccc1Cl. The summed E-state index contributed by atoms with van der Waals surface area (Å²) in [7, 11) is 0. The summed E-state index contributed by atoms with van der Waals surface area (Å²) >= 11 is 5.98. The highest BCUT2D eigenvalue weighted by atomic mass is 35.5. The summed E-state index contributed by atoms with van der Waals surface area (Å²) in [6.45, 7) is 4.76. The lowest BCUT2D eigenvalue weighted by atomic mass is 9.78. The summed E-state index contributed by atoms with van der Waals surface area (Å²) in [4.78, 5) is 24.1. The molecule has 1 aliphatic carbocycles. The largest absolute Gasteiger partial charge is 0.353 e. The number of rotatable bonds is 5. The van der Waals surface area contributed by atoms with Crippen molar-refractivity contribution in [1.82, 2.24) is 10.6 Å². The maximum Gasteiger partial charge on any atom is 0.252 e. The van der Waals surface area contributed by atoms with E-state index in [1.165, 1.54) is 12.8 Å². The second-order valence-corrected chi connectivity index (χ2v) is 6.83. The summed E-state index contributed by atoms with van der Waals surface area (Å²) in [5.41, 5.74) is 0.435. The Labute approximate surface area is 143 Å². The smallest absolute Gasteiger partial charge is 0.252 e. The number of nitrogens with one attached hydrogen (secondary N) is 2. The fraction of sp³-hybridized carbons (Fsp3) is 0.556. The number of carbonyl (C=O) groups excluding carboxylic acids is 2. The Morgan fingerprint density at radius 3 is 2.70 bits per heavy atom. The van der Waals surface area contributed by atoms with Crippen LogP contribution >= 0.6 is 11.6 Å². The Morgan fingerprint density at radius 2 is 1.96 bits per heavy atom. The van der Waals surface area contributed by atoms with Gasteiger partial charge in [0.2, 0.25) is 5.91 Å². The van der Waals surface area contributed by atoms with Crippen LogP contribution in [0.25, 0.3) is 0 Å². The highest BCUT2D eigenvalue weighted by Gasteiger charge is 2.27. The van der Waals surface area contributed by atoms with Gasteiger partial charge >= 0.3 is 0 Å². The second-order valence-electron chi connectivity index (χ2n) is 6.43. The molecule has 0 heterocycles. The monoisotopic (exact) mass is 336 g/mol. The van der Waals surface area contributed by atoms with Crippen LogP contribution in [0.4, 0.5) is 0 Å². The molecule has 0 radical (unpaired) electrons. The zero-order valence-electron chi connectivity index (χ0n) is 13.8. The molecule has 1 saturated carbocycles. The molecule has 4 nitrogen and oxygen atoms in total. The molecule has 0 aromatic heterocycles. The Balaban J connectivity index is 1.74. The summed E-state index contributed by atoms with van der Waals surface area (Å²) < 4.78 is 0. The lowest BCUT2D eigenvalue weighted by Crippen LogP contribution is -2.44. The predicted molar refractivity (Wildman–Crippen MR) is 92.5 cm³/mol. The van der Waals surface area contributed by atoms with E-state index in [0.717, 1.165) is 6.42 Å². The van der Waals surface area contributed by atoms with Crippen molar-refractivity contribution >= 4 is 23.4 Å². The van der Waals surface area contributed by atoms with Crippen LogP contribution in [0.1, 0.15) is 49.9 Å². The van der Waals surface area contributed by atoms with Crippen LogP contribution in [0, 0.1) is 11.8 Å². The van der Waals surface area contributed by atoms with E-state index in [9.17, 15) is 9.59 Å². The molecule has 0 unspecified atom stereocenters. The van der Waals surface area contributed by atoms with Gasteiger partial charge < -0.3 is 10.6 Å². The summed E-state index contributed by atoms with van der Waals surface area (Å²) in [5.74, 6) is 0.901. The third-order valence-electron chi connectivity index (χ3n) is 4.81. The first-order valence-corrected chi connectivity index (χ1v) is 8.69. The first-order valence-electron chi connectivity index (χ1n) is 8.31. The Bertz CT molecular complexity index is 562. The zero-order valence-corrected chi connectivity index (χ0v) is 14.5. The quantitative estimate of drug-likeness (QED) is 0.865. The van der Waals surface area contributed by atoms with Crippen LogP contribution in [0.5, 0.6) is 0 Å². The van der Waals surface area contributed by atoms with Crippen LogP contribution in [0.15, 0.2) is 24.3 Å². The molecular weight excluding hydrogens is 312 g/mol. The molecule has 5 heteroatoms. The lowest BCUT2D eigenvalue weighted by Gasteiger charge is -2.34. The van der Waals surface area contributed by atoms with Gasteiger partial charge in [-0.1, -0.05) is 50.4 Å². The minimum absolute atomic E-state index is 0.00425.